The second-order valence-electron chi connectivity index (χ2n) is 19.5. The molecular weight excluding hydrogens is 834 g/mol. The molecule has 0 aromatic heterocycles. The summed E-state index contributed by atoms with van der Waals surface area (Å²) in [6.07, 6.45) is 57.8. The van der Waals surface area contributed by atoms with Crippen molar-refractivity contribution in [3.8, 4) is 0 Å². The molecule has 0 aliphatic carbocycles. The van der Waals surface area contributed by atoms with Gasteiger partial charge in [-0.25, -0.2) is 4.57 Å². The van der Waals surface area contributed by atoms with Gasteiger partial charge in [-0.3, -0.25) is 18.6 Å². The Hall–Kier alpha value is -0.990. The maximum Gasteiger partial charge on any atom is 0.472 e. The summed E-state index contributed by atoms with van der Waals surface area (Å²) >= 11 is 0. The number of esters is 2. The number of nitrogens with two attached hydrogens (primary N) is 1. The Morgan fingerprint density at radius 3 is 0.938 bits per heavy atom. The van der Waals surface area contributed by atoms with Crippen LogP contribution in [-0.2, 0) is 32.7 Å². The predicted molar refractivity (Wildman–Crippen MR) is 275 cm³/mol. The highest BCUT2D eigenvalue weighted by Crippen LogP contribution is 2.43. The number of phosphoric ester groups is 1. The van der Waals surface area contributed by atoms with E-state index < -0.39 is 26.5 Å². The van der Waals surface area contributed by atoms with Gasteiger partial charge in [-0.1, -0.05) is 284 Å². The quantitative estimate of drug-likeness (QED) is 0.0347. The topological polar surface area (TPSA) is 134 Å². The average molecular weight is 944 g/mol. The predicted octanol–water partition coefficient (Wildman–Crippen LogP) is 17.5. The summed E-state index contributed by atoms with van der Waals surface area (Å²) in [7, 11) is -4.37. The SMILES string of the molecule is CCCCCCCCCCCCCCCCCCCCCCCCCCCCCCCCCCCCCC(=O)OC(COC(=O)CCCCCCCCCCC)COP(=O)(O)OCCN. The Balaban J connectivity index is 3.69. The second-order valence-corrected chi connectivity index (χ2v) is 21.0. The Morgan fingerprint density at radius 2 is 0.662 bits per heavy atom. The van der Waals surface area contributed by atoms with Crippen LogP contribution in [0.5, 0.6) is 0 Å². The first kappa shape index (κ1) is 64.0. The van der Waals surface area contributed by atoms with Gasteiger partial charge >= 0.3 is 19.8 Å². The van der Waals surface area contributed by atoms with Gasteiger partial charge in [0.1, 0.15) is 6.61 Å². The summed E-state index contributed by atoms with van der Waals surface area (Å²) in [5.74, 6) is -0.813. The van der Waals surface area contributed by atoms with Crippen LogP contribution in [0.15, 0.2) is 0 Å². The highest BCUT2D eigenvalue weighted by atomic mass is 31.2. The number of hydrogen-bond acceptors (Lipinski definition) is 8. The number of phosphoric acid groups is 1. The van der Waals surface area contributed by atoms with Crippen molar-refractivity contribution in [2.45, 2.75) is 315 Å². The lowest BCUT2D eigenvalue weighted by Crippen LogP contribution is -2.29. The molecule has 0 rings (SSSR count). The van der Waals surface area contributed by atoms with Gasteiger partial charge in [-0.15, -0.1) is 0 Å². The lowest BCUT2D eigenvalue weighted by Gasteiger charge is -2.19. The number of ether oxygens (including phenoxy) is 2. The highest BCUT2D eigenvalue weighted by Gasteiger charge is 2.26. The van der Waals surface area contributed by atoms with Crippen molar-refractivity contribution in [1.82, 2.24) is 0 Å². The van der Waals surface area contributed by atoms with Gasteiger partial charge < -0.3 is 20.1 Å². The third-order valence-corrected chi connectivity index (χ3v) is 14.0. The maximum atomic E-state index is 12.6. The molecule has 0 saturated heterocycles. The van der Waals surface area contributed by atoms with Crippen molar-refractivity contribution in [2.24, 2.45) is 5.73 Å². The standard InChI is InChI=1S/C55H110NO8P/c1-3-5-7-9-11-13-14-15-16-17-18-19-20-21-22-23-24-25-26-27-28-29-30-31-32-33-34-35-36-37-38-40-42-44-46-48-55(58)64-53(52-63-65(59,60)62-50-49-56)51-61-54(57)47-45-43-41-39-12-10-8-6-4-2/h53H,3-52,56H2,1-2H3,(H,59,60). The number of unbranched alkanes of at least 4 members (excludes halogenated alkanes) is 42. The molecule has 3 N–H and O–H groups in total. The van der Waals surface area contributed by atoms with Gasteiger partial charge in [-0.05, 0) is 12.8 Å². The average Bonchev–Trinajstić information content (AvgIpc) is 3.30. The number of rotatable bonds is 55. The van der Waals surface area contributed by atoms with Gasteiger partial charge in [0.15, 0.2) is 6.10 Å². The molecule has 0 aliphatic heterocycles. The minimum absolute atomic E-state index is 0.0581. The van der Waals surface area contributed by atoms with E-state index >= 15 is 0 Å². The van der Waals surface area contributed by atoms with E-state index in [9.17, 15) is 19.0 Å². The van der Waals surface area contributed by atoms with E-state index in [0.29, 0.717) is 6.42 Å². The van der Waals surface area contributed by atoms with Crippen molar-refractivity contribution in [3.63, 3.8) is 0 Å². The van der Waals surface area contributed by atoms with Gasteiger partial charge in [0.25, 0.3) is 0 Å². The molecule has 2 unspecified atom stereocenters. The van der Waals surface area contributed by atoms with Crippen LogP contribution in [0, 0.1) is 0 Å². The summed E-state index contributed by atoms with van der Waals surface area (Å²) in [5.41, 5.74) is 5.36. The minimum Gasteiger partial charge on any atom is -0.462 e. The first-order valence-electron chi connectivity index (χ1n) is 28.5. The van der Waals surface area contributed by atoms with E-state index in [4.69, 9.17) is 24.3 Å². The summed E-state index contributed by atoms with van der Waals surface area (Å²) in [6.45, 7) is 3.77. The summed E-state index contributed by atoms with van der Waals surface area (Å²) in [6, 6.07) is 0. The smallest absolute Gasteiger partial charge is 0.462 e. The molecule has 388 valence electrons. The van der Waals surface area contributed by atoms with Gasteiger partial charge in [0.2, 0.25) is 0 Å². The molecular formula is C55H110NO8P. The highest BCUT2D eigenvalue weighted by molar-refractivity contribution is 7.47. The Bertz CT molecular complexity index is 1030. The Labute approximate surface area is 403 Å². The maximum absolute atomic E-state index is 12.6. The Morgan fingerprint density at radius 1 is 0.400 bits per heavy atom. The summed E-state index contributed by atoms with van der Waals surface area (Å²) < 4.78 is 32.8. The van der Waals surface area contributed by atoms with Gasteiger partial charge in [-0.2, -0.15) is 0 Å². The largest absolute Gasteiger partial charge is 0.472 e. The molecule has 2 atom stereocenters. The van der Waals surface area contributed by atoms with E-state index in [-0.39, 0.29) is 38.6 Å². The van der Waals surface area contributed by atoms with E-state index in [1.807, 2.05) is 0 Å². The van der Waals surface area contributed by atoms with Crippen LogP contribution in [0.2, 0.25) is 0 Å². The lowest BCUT2D eigenvalue weighted by atomic mass is 10.0. The summed E-state index contributed by atoms with van der Waals surface area (Å²) in [4.78, 5) is 34.9. The molecule has 65 heavy (non-hydrogen) atoms. The van der Waals surface area contributed by atoms with Gasteiger partial charge in [0, 0.05) is 19.4 Å². The molecule has 0 aromatic rings. The minimum atomic E-state index is -4.37. The molecule has 0 aliphatic rings. The molecule has 9 nitrogen and oxygen atoms in total. The zero-order chi connectivity index (χ0) is 47.4. The van der Waals surface area contributed by atoms with Crippen LogP contribution >= 0.6 is 7.82 Å². The molecule has 0 aromatic carbocycles. The first-order valence-corrected chi connectivity index (χ1v) is 30.0. The molecule has 0 fully saturated rings. The van der Waals surface area contributed by atoms with Crippen molar-refractivity contribution >= 4 is 19.8 Å². The molecule has 0 spiro atoms. The second kappa shape index (κ2) is 52.4. The van der Waals surface area contributed by atoms with Crippen molar-refractivity contribution in [1.29, 1.82) is 0 Å². The first-order chi connectivity index (χ1) is 31.8. The zero-order valence-electron chi connectivity index (χ0n) is 43.3. The van der Waals surface area contributed by atoms with Crippen LogP contribution < -0.4 is 5.73 Å². The van der Waals surface area contributed by atoms with E-state index in [1.54, 1.807) is 0 Å². The van der Waals surface area contributed by atoms with Crippen molar-refractivity contribution in [2.75, 3.05) is 26.4 Å². The number of hydrogen-bond donors (Lipinski definition) is 2. The third-order valence-electron chi connectivity index (χ3n) is 13.0. The Kier molecular flexibility index (Phi) is 51.6. The fourth-order valence-electron chi connectivity index (χ4n) is 8.76. The van der Waals surface area contributed by atoms with E-state index in [0.717, 1.165) is 32.1 Å². The summed E-state index contributed by atoms with van der Waals surface area (Å²) in [5, 5.41) is 0. The molecule has 10 heteroatoms. The molecule has 0 amide bonds. The monoisotopic (exact) mass is 944 g/mol. The van der Waals surface area contributed by atoms with Crippen molar-refractivity contribution in [3.05, 3.63) is 0 Å². The molecule has 0 heterocycles. The fourth-order valence-corrected chi connectivity index (χ4v) is 9.52. The van der Waals surface area contributed by atoms with Crippen LogP contribution in [0.3, 0.4) is 0 Å². The van der Waals surface area contributed by atoms with E-state index in [1.165, 1.54) is 244 Å². The van der Waals surface area contributed by atoms with E-state index in [2.05, 4.69) is 13.8 Å². The van der Waals surface area contributed by atoms with Crippen LogP contribution in [0.25, 0.3) is 0 Å². The van der Waals surface area contributed by atoms with Crippen LogP contribution in [0.1, 0.15) is 309 Å². The molecule has 0 radical (unpaired) electrons. The normalized spacial score (nSPS) is 13.0. The number of carbonyl (C=O) groups excluding carboxylic acids is 2. The van der Waals surface area contributed by atoms with Gasteiger partial charge in [0.05, 0.1) is 13.2 Å². The third kappa shape index (κ3) is 52.2. The molecule has 0 bridgehead atoms. The van der Waals surface area contributed by atoms with Crippen LogP contribution in [0.4, 0.5) is 0 Å². The zero-order valence-corrected chi connectivity index (χ0v) is 44.2. The lowest BCUT2D eigenvalue weighted by molar-refractivity contribution is -0.161. The number of carbonyl (C=O) groups is 2. The van der Waals surface area contributed by atoms with Crippen LogP contribution in [-0.4, -0.2) is 49.3 Å². The fraction of sp³-hybridized carbons (Fsp3) is 0.964. The molecule has 0 saturated carbocycles. The van der Waals surface area contributed by atoms with Crippen molar-refractivity contribution < 1.29 is 37.6 Å².